The third-order valence-corrected chi connectivity index (χ3v) is 4.84. The Morgan fingerprint density at radius 2 is 1.97 bits per heavy atom. The number of carbonyl (C=O) groups excluding carboxylic acids is 2. The fourth-order valence-corrected chi connectivity index (χ4v) is 3.54. The first-order valence-corrected chi connectivity index (χ1v) is 10.1. The minimum atomic E-state index is -1.04. The molecule has 1 atom stereocenters. The van der Waals surface area contributed by atoms with E-state index in [1.165, 1.54) is 17.7 Å². The van der Waals surface area contributed by atoms with Gasteiger partial charge in [-0.1, -0.05) is 17.7 Å². The maximum atomic E-state index is 13.1. The van der Waals surface area contributed by atoms with Crippen LogP contribution in [0, 0.1) is 13.8 Å². The zero-order valence-electron chi connectivity index (χ0n) is 16.4. The molecule has 156 valence electrons. The third-order valence-electron chi connectivity index (χ3n) is 4.15. The van der Waals surface area contributed by atoms with E-state index in [-0.39, 0.29) is 11.3 Å². The summed E-state index contributed by atoms with van der Waals surface area (Å²) in [5.41, 5.74) is 2.28. The number of aromatic nitrogens is 3. The van der Waals surface area contributed by atoms with Crippen LogP contribution in [0.1, 0.15) is 38.9 Å². The molecular weight excluding hydrogens is 474 g/mol. The molecule has 2 aromatic heterocycles. The van der Waals surface area contributed by atoms with Crippen molar-refractivity contribution in [2.75, 3.05) is 5.32 Å². The zero-order chi connectivity index (χ0) is 22.0. The van der Waals surface area contributed by atoms with Crippen molar-refractivity contribution in [2.45, 2.75) is 27.0 Å². The van der Waals surface area contributed by atoms with Crippen molar-refractivity contribution in [3.63, 3.8) is 0 Å². The summed E-state index contributed by atoms with van der Waals surface area (Å²) in [4.78, 5) is 29.9. The Morgan fingerprint density at radius 3 is 2.63 bits per heavy atom. The normalized spacial score (nSPS) is 11.8. The van der Waals surface area contributed by atoms with Crippen LogP contribution in [-0.2, 0) is 0 Å². The summed E-state index contributed by atoms with van der Waals surface area (Å²) in [6, 6.07) is 8.33. The molecule has 3 N–H and O–H groups in total. The quantitative estimate of drug-likeness (QED) is 0.471. The first kappa shape index (κ1) is 21.9. The molecule has 3 aromatic rings. The molecule has 0 spiro atoms. The average molecular weight is 493 g/mol. The van der Waals surface area contributed by atoms with E-state index >= 15 is 0 Å². The van der Waals surface area contributed by atoms with Gasteiger partial charge in [0.05, 0.1) is 16.3 Å². The van der Waals surface area contributed by atoms with Crippen LogP contribution in [0.3, 0.4) is 0 Å². The van der Waals surface area contributed by atoms with E-state index in [2.05, 4.69) is 36.6 Å². The van der Waals surface area contributed by atoms with Crippen LogP contribution in [0.2, 0.25) is 5.02 Å². The minimum absolute atomic E-state index is 0.171. The number of aliphatic hydroxyl groups is 1. The molecule has 0 radical (unpaired) electrons. The second kappa shape index (κ2) is 8.95. The van der Waals surface area contributed by atoms with Gasteiger partial charge in [-0.15, -0.1) is 0 Å². The van der Waals surface area contributed by atoms with Gasteiger partial charge in [0.25, 0.3) is 11.8 Å². The van der Waals surface area contributed by atoms with E-state index in [1.54, 1.807) is 31.3 Å². The Kier molecular flexibility index (Phi) is 6.55. The molecule has 0 saturated heterocycles. The average Bonchev–Trinajstić information content (AvgIpc) is 3.05. The smallest absolute Gasteiger partial charge is 0.274 e. The summed E-state index contributed by atoms with van der Waals surface area (Å²) in [7, 11) is 0. The van der Waals surface area contributed by atoms with Gasteiger partial charge in [-0.05, 0) is 66.0 Å². The predicted molar refractivity (Wildman–Crippen MR) is 117 cm³/mol. The van der Waals surface area contributed by atoms with Crippen LogP contribution in [0.5, 0.6) is 0 Å². The van der Waals surface area contributed by atoms with Gasteiger partial charge in [-0.2, -0.15) is 5.10 Å². The first-order chi connectivity index (χ1) is 14.2. The molecule has 8 nitrogen and oxygen atoms in total. The molecular formula is C20H19BrClN5O3. The Balaban J connectivity index is 2.02. The monoisotopic (exact) mass is 491 g/mol. The Morgan fingerprint density at radius 1 is 1.23 bits per heavy atom. The molecule has 0 aliphatic heterocycles. The molecule has 2 heterocycles. The molecule has 10 heteroatoms. The fourth-order valence-electron chi connectivity index (χ4n) is 2.97. The van der Waals surface area contributed by atoms with Gasteiger partial charge in [0.15, 0.2) is 5.82 Å². The lowest BCUT2D eigenvalue weighted by Crippen LogP contribution is -2.33. The summed E-state index contributed by atoms with van der Waals surface area (Å²) in [5, 5.41) is 19.3. The topological polar surface area (TPSA) is 109 Å². The molecule has 1 aromatic carbocycles. The van der Waals surface area contributed by atoms with Gasteiger partial charge in [0.1, 0.15) is 16.5 Å². The number of halogens is 2. The summed E-state index contributed by atoms with van der Waals surface area (Å²) in [5.74, 6) is -0.717. The number of nitrogens with zero attached hydrogens (tertiary/aromatic N) is 3. The van der Waals surface area contributed by atoms with Crippen LogP contribution < -0.4 is 10.6 Å². The standard InChI is InChI=1S/C20H19BrClN5O3/c1-10-7-11(2)17(13(8-10)19(29)24-12(3)28)25-20(30)15-9-16(21)26-27(15)18-14(22)5-4-6-23-18/h4-9,12,28H,1-3H3,(H,24,29)(H,25,30). The molecule has 0 bridgehead atoms. The van der Waals surface area contributed by atoms with Crippen molar-refractivity contribution < 1.29 is 14.7 Å². The number of rotatable bonds is 5. The third kappa shape index (κ3) is 4.69. The van der Waals surface area contributed by atoms with Crippen molar-refractivity contribution >= 4 is 45.0 Å². The molecule has 3 rings (SSSR count). The second-order valence-electron chi connectivity index (χ2n) is 6.68. The molecule has 0 aliphatic carbocycles. The van der Waals surface area contributed by atoms with Crippen molar-refractivity contribution in [1.29, 1.82) is 0 Å². The number of hydrogen-bond acceptors (Lipinski definition) is 5. The number of amides is 2. The molecule has 0 aliphatic rings. The van der Waals surface area contributed by atoms with Crippen molar-refractivity contribution in [1.82, 2.24) is 20.1 Å². The first-order valence-electron chi connectivity index (χ1n) is 8.95. The van der Waals surface area contributed by atoms with E-state index in [0.29, 0.717) is 26.7 Å². The maximum Gasteiger partial charge on any atom is 0.274 e. The van der Waals surface area contributed by atoms with Gasteiger partial charge < -0.3 is 15.7 Å². The lowest BCUT2D eigenvalue weighted by Gasteiger charge is -2.16. The van der Waals surface area contributed by atoms with E-state index < -0.39 is 18.0 Å². The Hall–Kier alpha value is -2.75. The van der Waals surface area contributed by atoms with Gasteiger partial charge in [0.2, 0.25) is 0 Å². The number of aryl methyl sites for hydroxylation is 2. The number of pyridine rings is 1. The van der Waals surface area contributed by atoms with Gasteiger partial charge >= 0.3 is 0 Å². The number of carbonyl (C=O) groups is 2. The highest BCUT2D eigenvalue weighted by Gasteiger charge is 2.22. The number of hydrogen-bond donors (Lipinski definition) is 3. The van der Waals surface area contributed by atoms with Gasteiger partial charge in [-0.25, -0.2) is 9.67 Å². The maximum absolute atomic E-state index is 13.1. The van der Waals surface area contributed by atoms with Crippen LogP contribution >= 0.6 is 27.5 Å². The summed E-state index contributed by atoms with van der Waals surface area (Å²) < 4.78 is 1.74. The summed E-state index contributed by atoms with van der Waals surface area (Å²) in [6.07, 6.45) is 0.506. The fraction of sp³-hybridized carbons (Fsp3) is 0.200. The second-order valence-corrected chi connectivity index (χ2v) is 7.90. The number of aliphatic hydroxyl groups excluding tert-OH is 1. The molecule has 2 amide bonds. The molecule has 30 heavy (non-hydrogen) atoms. The molecule has 0 saturated carbocycles. The van der Waals surface area contributed by atoms with Gasteiger partial charge in [0, 0.05) is 12.3 Å². The number of nitrogens with one attached hydrogen (secondary N) is 2. The highest BCUT2D eigenvalue weighted by molar-refractivity contribution is 9.10. The summed E-state index contributed by atoms with van der Waals surface area (Å²) in [6.45, 7) is 5.06. The molecule has 1 unspecified atom stereocenters. The summed E-state index contributed by atoms with van der Waals surface area (Å²) >= 11 is 9.49. The van der Waals surface area contributed by atoms with E-state index in [0.717, 1.165) is 5.56 Å². The lowest BCUT2D eigenvalue weighted by molar-refractivity contribution is 0.0819. The van der Waals surface area contributed by atoms with Crippen LogP contribution in [0.25, 0.3) is 5.82 Å². The minimum Gasteiger partial charge on any atom is -0.374 e. The van der Waals surface area contributed by atoms with E-state index in [1.807, 2.05) is 13.0 Å². The van der Waals surface area contributed by atoms with E-state index in [4.69, 9.17) is 11.6 Å². The number of benzene rings is 1. The largest absolute Gasteiger partial charge is 0.374 e. The van der Waals surface area contributed by atoms with Crippen molar-refractivity contribution in [3.05, 3.63) is 68.5 Å². The highest BCUT2D eigenvalue weighted by atomic mass is 79.9. The highest BCUT2D eigenvalue weighted by Crippen LogP contribution is 2.26. The van der Waals surface area contributed by atoms with Crippen molar-refractivity contribution in [3.8, 4) is 5.82 Å². The van der Waals surface area contributed by atoms with Crippen molar-refractivity contribution in [2.24, 2.45) is 0 Å². The lowest BCUT2D eigenvalue weighted by atomic mass is 10.0. The van der Waals surface area contributed by atoms with Crippen LogP contribution in [0.4, 0.5) is 5.69 Å². The van der Waals surface area contributed by atoms with Gasteiger partial charge in [-0.3, -0.25) is 9.59 Å². The van der Waals surface area contributed by atoms with Crippen LogP contribution in [-0.4, -0.2) is 37.9 Å². The Labute approximate surface area is 186 Å². The van der Waals surface area contributed by atoms with Crippen LogP contribution in [0.15, 0.2) is 41.1 Å². The Bertz CT molecular complexity index is 1130. The predicted octanol–water partition coefficient (Wildman–Crippen LogP) is 3.62. The molecule has 0 fully saturated rings. The number of anilines is 1. The SMILES string of the molecule is Cc1cc(C)c(NC(=O)c2cc(Br)nn2-c2ncccc2Cl)c(C(=O)NC(C)O)c1. The zero-order valence-corrected chi connectivity index (χ0v) is 18.7. The van der Waals surface area contributed by atoms with E-state index in [9.17, 15) is 14.7 Å².